The molecule has 4 heteroatoms. The predicted octanol–water partition coefficient (Wildman–Crippen LogP) is 3.23. The molecule has 0 aliphatic heterocycles. The molecule has 0 bridgehead atoms. The van der Waals surface area contributed by atoms with Gasteiger partial charge in [-0.2, -0.15) is 0 Å². The number of nitrogens with two attached hydrogens (primary N) is 1. The van der Waals surface area contributed by atoms with Crippen molar-refractivity contribution in [2.75, 3.05) is 5.32 Å². The average Bonchev–Trinajstić information content (AvgIpc) is 2.35. The summed E-state index contributed by atoms with van der Waals surface area (Å²) in [5.74, 6) is 0.0641. The smallest absolute Gasteiger partial charge is 0.224 e. The Morgan fingerprint density at radius 2 is 1.89 bits per heavy atom. The zero-order chi connectivity index (χ0) is 13.4. The van der Waals surface area contributed by atoms with E-state index in [1.165, 1.54) is 12.8 Å². The van der Waals surface area contributed by atoms with Crippen LogP contribution in [0.3, 0.4) is 0 Å². The Morgan fingerprint density at radius 3 is 2.44 bits per heavy atom. The van der Waals surface area contributed by atoms with Crippen LogP contribution in [0.5, 0.6) is 0 Å². The highest BCUT2D eigenvalue weighted by Gasteiger charge is 2.02. The minimum Gasteiger partial charge on any atom is -0.389 e. The Hall–Kier alpha value is -1.42. The molecular formula is C14H20N2OS. The first-order valence-electron chi connectivity index (χ1n) is 6.33. The lowest BCUT2D eigenvalue weighted by Crippen LogP contribution is -2.12. The van der Waals surface area contributed by atoms with Gasteiger partial charge >= 0.3 is 0 Å². The van der Waals surface area contributed by atoms with Crippen molar-refractivity contribution in [3.63, 3.8) is 0 Å². The van der Waals surface area contributed by atoms with Gasteiger partial charge in [0.05, 0.1) is 0 Å². The third-order valence-electron chi connectivity index (χ3n) is 2.71. The normalized spacial score (nSPS) is 10.1. The molecule has 0 fully saturated rings. The van der Waals surface area contributed by atoms with E-state index in [2.05, 4.69) is 12.2 Å². The fourth-order valence-corrected chi connectivity index (χ4v) is 1.79. The Balaban J connectivity index is 2.37. The van der Waals surface area contributed by atoms with Crippen LogP contribution in [-0.2, 0) is 4.79 Å². The summed E-state index contributed by atoms with van der Waals surface area (Å²) in [4.78, 5) is 12.0. The molecule has 18 heavy (non-hydrogen) atoms. The van der Waals surface area contributed by atoms with Gasteiger partial charge < -0.3 is 11.1 Å². The quantitative estimate of drug-likeness (QED) is 0.587. The Labute approximate surface area is 114 Å². The van der Waals surface area contributed by atoms with Crippen LogP contribution in [0.4, 0.5) is 5.69 Å². The van der Waals surface area contributed by atoms with Crippen molar-refractivity contribution in [2.24, 2.45) is 5.73 Å². The molecule has 0 heterocycles. The zero-order valence-corrected chi connectivity index (χ0v) is 11.6. The molecule has 0 radical (unpaired) electrons. The Bertz CT molecular complexity index is 401. The van der Waals surface area contributed by atoms with Gasteiger partial charge in [0, 0.05) is 17.7 Å². The van der Waals surface area contributed by atoms with E-state index >= 15 is 0 Å². The summed E-state index contributed by atoms with van der Waals surface area (Å²) in [5.41, 5.74) is 7.10. The second kappa shape index (κ2) is 7.82. The average molecular weight is 264 g/mol. The van der Waals surface area contributed by atoms with Crippen LogP contribution in [0, 0.1) is 0 Å². The van der Waals surface area contributed by atoms with Crippen LogP contribution in [0.25, 0.3) is 0 Å². The molecular weight excluding hydrogens is 244 g/mol. The molecule has 3 N–H and O–H groups in total. The topological polar surface area (TPSA) is 55.1 Å². The number of nitrogens with one attached hydrogen (secondary N) is 1. The highest BCUT2D eigenvalue weighted by atomic mass is 32.1. The lowest BCUT2D eigenvalue weighted by Gasteiger charge is -2.06. The van der Waals surface area contributed by atoms with Crippen LogP contribution in [0.1, 0.15) is 44.6 Å². The number of benzene rings is 1. The molecule has 0 spiro atoms. The van der Waals surface area contributed by atoms with Gasteiger partial charge in [0.15, 0.2) is 0 Å². The minimum atomic E-state index is 0.0641. The zero-order valence-electron chi connectivity index (χ0n) is 10.7. The molecule has 0 unspecified atom stereocenters. The van der Waals surface area contributed by atoms with Crippen LogP contribution in [0.2, 0.25) is 0 Å². The van der Waals surface area contributed by atoms with Gasteiger partial charge in [-0.15, -0.1) is 0 Å². The van der Waals surface area contributed by atoms with E-state index in [-0.39, 0.29) is 5.91 Å². The number of hydrogen-bond donors (Lipinski definition) is 2. The molecule has 1 rings (SSSR count). The molecule has 98 valence electrons. The number of rotatable bonds is 7. The SMILES string of the molecule is CCCCCCC(=O)Nc1ccc(C(N)=S)cc1. The Kier molecular flexibility index (Phi) is 6.36. The Morgan fingerprint density at radius 1 is 1.22 bits per heavy atom. The third-order valence-corrected chi connectivity index (χ3v) is 2.95. The summed E-state index contributed by atoms with van der Waals surface area (Å²) >= 11 is 4.87. The van der Waals surface area contributed by atoms with Crippen molar-refractivity contribution in [1.82, 2.24) is 0 Å². The van der Waals surface area contributed by atoms with Crippen molar-refractivity contribution >= 4 is 28.8 Å². The van der Waals surface area contributed by atoms with E-state index in [9.17, 15) is 4.79 Å². The van der Waals surface area contributed by atoms with Crippen molar-refractivity contribution < 1.29 is 4.79 Å². The summed E-state index contributed by atoms with van der Waals surface area (Å²) in [6, 6.07) is 7.26. The molecule has 0 aliphatic rings. The first kappa shape index (κ1) is 14.6. The number of amides is 1. The third kappa shape index (κ3) is 5.27. The number of thiocarbonyl (C=S) groups is 1. The lowest BCUT2D eigenvalue weighted by molar-refractivity contribution is -0.116. The number of carbonyl (C=O) groups excluding carboxylic acids is 1. The molecule has 1 aromatic rings. The maximum Gasteiger partial charge on any atom is 0.224 e. The summed E-state index contributed by atoms with van der Waals surface area (Å²) in [5, 5.41) is 2.86. The molecule has 1 amide bonds. The standard InChI is InChI=1S/C14H20N2OS/c1-2-3-4-5-6-13(17)16-12-9-7-11(8-10-12)14(15)18/h7-10H,2-6H2,1H3,(H2,15,18)(H,16,17). The monoisotopic (exact) mass is 264 g/mol. The molecule has 1 aromatic carbocycles. The van der Waals surface area contributed by atoms with E-state index in [4.69, 9.17) is 18.0 Å². The van der Waals surface area contributed by atoms with Crippen molar-refractivity contribution in [1.29, 1.82) is 0 Å². The molecule has 0 aliphatic carbocycles. The molecule has 0 saturated heterocycles. The minimum absolute atomic E-state index is 0.0641. The highest BCUT2D eigenvalue weighted by Crippen LogP contribution is 2.11. The van der Waals surface area contributed by atoms with Gasteiger partial charge in [0.25, 0.3) is 0 Å². The van der Waals surface area contributed by atoms with E-state index < -0.39 is 0 Å². The van der Waals surface area contributed by atoms with Gasteiger partial charge in [-0.1, -0.05) is 38.4 Å². The highest BCUT2D eigenvalue weighted by molar-refractivity contribution is 7.80. The van der Waals surface area contributed by atoms with E-state index in [0.717, 1.165) is 24.1 Å². The number of hydrogen-bond acceptors (Lipinski definition) is 2. The van der Waals surface area contributed by atoms with Crippen molar-refractivity contribution in [3.05, 3.63) is 29.8 Å². The number of anilines is 1. The van der Waals surface area contributed by atoms with Crippen molar-refractivity contribution in [2.45, 2.75) is 39.0 Å². The fraction of sp³-hybridized carbons (Fsp3) is 0.429. The maximum absolute atomic E-state index is 11.6. The maximum atomic E-state index is 11.6. The van der Waals surface area contributed by atoms with E-state index in [1.807, 2.05) is 24.3 Å². The number of unbranched alkanes of at least 4 members (excludes halogenated alkanes) is 3. The van der Waals surface area contributed by atoms with Gasteiger partial charge in [0.1, 0.15) is 4.99 Å². The first-order chi connectivity index (χ1) is 8.63. The summed E-state index contributed by atoms with van der Waals surface area (Å²) in [6.07, 6.45) is 5.02. The second-order valence-corrected chi connectivity index (χ2v) is 4.74. The predicted molar refractivity (Wildman–Crippen MR) is 79.7 cm³/mol. The second-order valence-electron chi connectivity index (χ2n) is 4.30. The molecule has 3 nitrogen and oxygen atoms in total. The molecule has 0 aromatic heterocycles. The van der Waals surface area contributed by atoms with Gasteiger partial charge in [-0.25, -0.2) is 0 Å². The van der Waals surface area contributed by atoms with E-state index in [0.29, 0.717) is 11.4 Å². The van der Waals surface area contributed by atoms with Crippen LogP contribution in [0.15, 0.2) is 24.3 Å². The van der Waals surface area contributed by atoms with Gasteiger partial charge in [-0.3, -0.25) is 4.79 Å². The van der Waals surface area contributed by atoms with Crippen LogP contribution in [-0.4, -0.2) is 10.9 Å². The summed E-state index contributed by atoms with van der Waals surface area (Å²) in [6.45, 7) is 2.16. The van der Waals surface area contributed by atoms with Crippen LogP contribution >= 0.6 is 12.2 Å². The summed E-state index contributed by atoms with van der Waals surface area (Å²) < 4.78 is 0. The largest absolute Gasteiger partial charge is 0.389 e. The van der Waals surface area contributed by atoms with Gasteiger partial charge in [0.2, 0.25) is 5.91 Å². The lowest BCUT2D eigenvalue weighted by atomic mass is 10.1. The fourth-order valence-electron chi connectivity index (χ4n) is 1.65. The van der Waals surface area contributed by atoms with Crippen molar-refractivity contribution in [3.8, 4) is 0 Å². The first-order valence-corrected chi connectivity index (χ1v) is 6.74. The van der Waals surface area contributed by atoms with Gasteiger partial charge in [-0.05, 0) is 30.7 Å². The van der Waals surface area contributed by atoms with Crippen LogP contribution < -0.4 is 11.1 Å². The van der Waals surface area contributed by atoms with E-state index in [1.54, 1.807) is 0 Å². The molecule has 0 atom stereocenters. The molecule has 0 saturated carbocycles. The number of carbonyl (C=O) groups is 1. The summed E-state index contributed by atoms with van der Waals surface area (Å²) in [7, 11) is 0.